The summed E-state index contributed by atoms with van der Waals surface area (Å²) < 4.78 is 4.95. The maximum atomic E-state index is 11.0. The lowest BCUT2D eigenvalue weighted by Crippen LogP contribution is -2.39. The van der Waals surface area contributed by atoms with Gasteiger partial charge in [0, 0.05) is 1.43 Å². The minimum absolute atomic E-state index is 0. The number of ether oxygens (including phenoxy) is 1. The zero-order valence-corrected chi connectivity index (χ0v) is 8.05. The quantitative estimate of drug-likeness (QED) is 0.665. The van der Waals surface area contributed by atoms with Crippen LogP contribution in [0.3, 0.4) is 0 Å². The van der Waals surface area contributed by atoms with Crippen molar-refractivity contribution in [3.8, 4) is 0 Å². The molecule has 0 aromatic carbocycles. The van der Waals surface area contributed by atoms with Crippen molar-refractivity contribution in [1.82, 2.24) is 5.32 Å². The highest BCUT2D eigenvalue weighted by molar-refractivity contribution is 5.67. The predicted octanol–water partition coefficient (Wildman–Crippen LogP) is 1.14. The summed E-state index contributed by atoms with van der Waals surface area (Å²) >= 11 is 0. The Hall–Kier alpha value is -0.770. The lowest BCUT2D eigenvalue weighted by Gasteiger charge is -2.21. The SMILES string of the molecule is CC(CO)NC(=O)OC(C)(C)C.[HH]. The second kappa shape index (κ2) is 4.30. The number of carbonyl (C=O) groups is 1. The minimum Gasteiger partial charge on any atom is -0.444 e. The van der Waals surface area contributed by atoms with E-state index in [9.17, 15) is 4.79 Å². The first-order valence-electron chi connectivity index (χ1n) is 3.95. The number of rotatable bonds is 2. The molecule has 0 aliphatic carbocycles. The van der Waals surface area contributed by atoms with Gasteiger partial charge < -0.3 is 15.2 Å². The first kappa shape index (κ1) is 11.2. The van der Waals surface area contributed by atoms with Crippen LogP contribution in [0, 0.1) is 0 Å². The third-order valence-electron chi connectivity index (χ3n) is 1.04. The van der Waals surface area contributed by atoms with Crippen LogP contribution in [0.25, 0.3) is 0 Å². The highest BCUT2D eigenvalue weighted by Gasteiger charge is 2.16. The van der Waals surface area contributed by atoms with E-state index in [2.05, 4.69) is 5.32 Å². The second-order valence-corrected chi connectivity index (χ2v) is 3.73. The molecule has 0 rings (SSSR count). The number of carbonyl (C=O) groups excluding carboxylic acids is 1. The topological polar surface area (TPSA) is 58.6 Å². The maximum absolute atomic E-state index is 11.0. The zero-order valence-electron chi connectivity index (χ0n) is 8.05. The fourth-order valence-corrected chi connectivity index (χ4v) is 0.554. The third kappa shape index (κ3) is 5.97. The van der Waals surface area contributed by atoms with Crippen molar-refractivity contribution in [1.29, 1.82) is 0 Å². The Labute approximate surface area is 74.4 Å². The number of alkyl carbamates (subject to hydrolysis) is 1. The second-order valence-electron chi connectivity index (χ2n) is 3.73. The van der Waals surface area contributed by atoms with Crippen LogP contribution in [-0.2, 0) is 4.74 Å². The number of aliphatic hydroxyl groups is 1. The molecule has 0 fully saturated rings. The van der Waals surface area contributed by atoms with Crippen LogP contribution in [-0.4, -0.2) is 29.4 Å². The van der Waals surface area contributed by atoms with Gasteiger partial charge in [-0.25, -0.2) is 4.79 Å². The molecule has 0 aliphatic rings. The fourth-order valence-electron chi connectivity index (χ4n) is 0.554. The molecule has 4 nitrogen and oxygen atoms in total. The van der Waals surface area contributed by atoms with Gasteiger partial charge in [-0.05, 0) is 27.7 Å². The van der Waals surface area contributed by atoms with E-state index in [-0.39, 0.29) is 14.1 Å². The Morgan fingerprint density at radius 2 is 2.17 bits per heavy atom. The van der Waals surface area contributed by atoms with Gasteiger partial charge in [0.2, 0.25) is 0 Å². The Morgan fingerprint density at radius 1 is 1.67 bits per heavy atom. The monoisotopic (exact) mass is 177 g/mol. The van der Waals surface area contributed by atoms with Crippen LogP contribution in [0.4, 0.5) is 4.79 Å². The number of nitrogens with one attached hydrogen (secondary N) is 1. The van der Waals surface area contributed by atoms with E-state index < -0.39 is 11.7 Å². The molecule has 74 valence electrons. The molecule has 0 heterocycles. The summed E-state index contributed by atoms with van der Waals surface area (Å²) in [6, 6.07) is -0.264. The lowest BCUT2D eigenvalue weighted by molar-refractivity contribution is 0.0489. The summed E-state index contributed by atoms with van der Waals surface area (Å²) in [6.07, 6.45) is -0.496. The van der Waals surface area contributed by atoms with Gasteiger partial charge in [-0.2, -0.15) is 0 Å². The van der Waals surface area contributed by atoms with Gasteiger partial charge in [-0.3, -0.25) is 0 Å². The maximum Gasteiger partial charge on any atom is 0.407 e. The van der Waals surface area contributed by atoms with Crippen molar-refractivity contribution in [2.24, 2.45) is 0 Å². The van der Waals surface area contributed by atoms with E-state index in [1.165, 1.54) is 0 Å². The Morgan fingerprint density at radius 3 is 2.50 bits per heavy atom. The van der Waals surface area contributed by atoms with Gasteiger partial charge in [0.1, 0.15) is 5.60 Å². The molecular formula is C8H19NO3. The van der Waals surface area contributed by atoms with Crippen molar-refractivity contribution in [2.45, 2.75) is 39.3 Å². The average Bonchev–Trinajstić information content (AvgIpc) is 1.82. The van der Waals surface area contributed by atoms with Crippen molar-refractivity contribution >= 4 is 6.09 Å². The van der Waals surface area contributed by atoms with Gasteiger partial charge in [0.15, 0.2) is 0 Å². The molecule has 0 aromatic heterocycles. The molecule has 4 heteroatoms. The highest BCUT2D eigenvalue weighted by atomic mass is 16.6. The summed E-state index contributed by atoms with van der Waals surface area (Å²) in [5.41, 5.74) is -0.487. The molecule has 0 radical (unpaired) electrons. The normalized spacial score (nSPS) is 13.8. The van der Waals surface area contributed by atoms with Crippen molar-refractivity contribution < 1.29 is 16.1 Å². The van der Waals surface area contributed by atoms with Crippen molar-refractivity contribution in [3.63, 3.8) is 0 Å². The number of amides is 1. The molecule has 2 N–H and O–H groups in total. The molecule has 0 spiro atoms. The highest BCUT2D eigenvalue weighted by Crippen LogP contribution is 2.06. The summed E-state index contributed by atoms with van der Waals surface area (Å²) in [4.78, 5) is 11.0. The van der Waals surface area contributed by atoms with Crippen LogP contribution in [0.1, 0.15) is 29.1 Å². The Kier molecular flexibility index (Phi) is 4.03. The van der Waals surface area contributed by atoms with E-state index in [1.807, 2.05) is 0 Å². The predicted molar refractivity (Wildman–Crippen MR) is 48.0 cm³/mol. The van der Waals surface area contributed by atoms with Crippen LogP contribution in [0.15, 0.2) is 0 Å². The number of hydrogen-bond donors (Lipinski definition) is 2. The summed E-state index contributed by atoms with van der Waals surface area (Å²) in [6.45, 7) is 6.98. The van der Waals surface area contributed by atoms with Gasteiger partial charge in [-0.15, -0.1) is 0 Å². The molecular weight excluding hydrogens is 158 g/mol. The molecule has 0 aromatic rings. The van der Waals surface area contributed by atoms with Crippen molar-refractivity contribution in [3.05, 3.63) is 0 Å². The van der Waals surface area contributed by atoms with Gasteiger partial charge in [0.25, 0.3) is 0 Å². The van der Waals surface area contributed by atoms with Gasteiger partial charge >= 0.3 is 6.09 Å². The third-order valence-corrected chi connectivity index (χ3v) is 1.04. The average molecular weight is 177 g/mol. The standard InChI is InChI=1S/C8H17NO3.H2/c1-6(5-10)9-7(11)12-8(2,3)4;/h6,10H,5H2,1-4H3,(H,9,11);1H. The summed E-state index contributed by atoms with van der Waals surface area (Å²) in [7, 11) is 0. The molecule has 1 unspecified atom stereocenters. The number of hydrogen-bond acceptors (Lipinski definition) is 3. The number of aliphatic hydroxyl groups excluding tert-OH is 1. The van der Waals surface area contributed by atoms with Crippen LogP contribution >= 0.6 is 0 Å². The summed E-state index contributed by atoms with van der Waals surface area (Å²) in [5, 5.41) is 11.1. The molecule has 0 aliphatic heterocycles. The molecule has 12 heavy (non-hydrogen) atoms. The molecule has 0 saturated carbocycles. The van der Waals surface area contributed by atoms with Crippen molar-refractivity contribution in [2.75, 3.05) is 6.61 Å². The minimum atomic E-state index is -0.496. The zero-order chi connectivity index (χ0) is 9.78. The fraction of sp³-hybridized carbons (Fsp3) is 0.875. The Bertz CT molecular complexity index is 156. The van der Waals surface area contributed by atoms with E-state index in [1.54, 1.807) is 27.7 Å². The van der Waals surface area contributed by atoms with Crippen LogP contribution in [0.5, 0.6) is 0 Å². The van der Waals surface area contributed by atoms with Crippen LogP contribution in [0.2, 0.25) is 0 Å². The van der Waals surface area contributed by atoms with E-state index >= 15 is 0 Å². The Balaban J connectivity index is 0. The molecule has 1 atom stereocenters. The largest absolute Gasteiger partial charge is 0.444 e. The van der Waals surface area contributed by atoms with E-state index in [0.717, 1.165) is 0 Å². The molecule has 0 saturated heterocycles. The first-order valence-corrected chi connectivity index (χ1v) is 3.95. The van der Waals surface area contributed by atoms with Gasteiger partial charge in [-0.1, -0.05) is 0 Å². The molecule has 1 amide bonds. The smallest absolute Gasteiger partial charge is 0.407 e. The van der Waals surface area contributed by atoms with E-state index in [4.69, 9.17) is 9.84 Å². The van der Waals surface area contributed by atoms with Crippen LogP contribution < -0.4 is 5.32 Å². The van der Waals surface area contributed by atoms with E-state index in [0.29, 0.717) is 0 Å². The summed E-state index contributed by atoms with van der Waals surface area (Å²) in [5.74, 6) is 0. The van der Waals surface area contributed by atoms with Gasteiger partial charge in [0.05, 0.1) is 12.6 Å². The lowest BCUT2D eigenvalue weighted by atomic mass is 10.2. The first-order chi connectivity index (χ1) is 5.35. The molecule has 0 bridgehead atoms.